The molecule has 102 valence electrons. The predicted molar refractivity (Wildman–Crippen MR) is 59.5 cm³/mol. The number of hydroxylamine groups is 2. The Morgan fingerprint density at radius 1 is 1.41 bits per heavy atom. The smallest absolute Gasteiger partial charge is 0.307 e. The molecule has 0 saturated carbocycles. The van der Waals surface area contributed by atoms with E-state index < -0.39 is 19.4 Å². The molecule has 0 fully saturated rings. The van der Waals surface area contributed by atoms with E-state index in [1.807, 2.05) is 0 Å². The van der Waals surface area contributed by atoms with Crippen molar-refractivity contribution < 1.29 is 28.0 Å². The molecule has 0 aromatic rings. The van der Waals surface area contributed by atoms with Crippen LogP contribution in [0.4, 0.5) is 4.39 Å². The fraction of sp³-hybridized carbons (Fsp3) is 0.889. The summed E-state index contributed by atoms with van der Waals surface area (Å²) >= 11 is 0. The molecule has 17 heavy (non-hydrogen) atoms. The van der Waals surface area contributed by atoms with Gasteiger partial charge in [-0.1, -0.05) is 0 Å². The summed E-state index contributed by atoms with van der Waals surface area (Å²) < 4.78 is 35.2. The molecule has 0 aromatic heterocycles. The first kappa shape index (κ1) is 16.5. The lowest BCUT2D eigenvalue weighted by atomic mass is 10.3. The van der Waals surface area contributed by atoms with E-state index in [0.29, 0.717) is 5.06 Å². The molecule has 0 aliphatic rings. The van der Waals surface area contributed by atoms with Crippen LogP contribution in [0.3, 0.4) is 0 Å². The third-order valence-electron chi connectivity index (χ3n) is 1.92. The summed E-state index contributed by atoms with van der Waals surface area (Å²) in [5.74, 6) is -2.53. The molecule has 8 heteroatoms. The molecule has 6 nitrogen and oxygen atoms in total. The number of alkyl halides is 1. The Labute approximate surface area is 100 Å². The summed E-state index contributed by atoms with van der Waals surface area (Å²) in [7, 11) is -2.68. The van der Waals surface area contributed by atoms with Gasteiger partial charge in [0.05, 0.1) is 13.2 Å². The fourth-order valence-electron chi connectivity index (χ4n) is 1.12. The fourth-order valence-corrected chi connectivity index (χ4v) is 2.68. The number of halogens is 1. The molecular weight excluding hydrogens is 252 g/mol. The van der Waals surface area contributed by atoms with Gasteiger partial charge in [0.15, 0.2) is 0 Å². The van der Waals surface area contributed by atoms with Crippen LogP contribution in [-0.4, -0.2) is 42.4 Å². The maximum Gasteiger partial charge on any atom is 0.364 e. The lowest BCUT2D eigenvalue weighted by Crippen LogP contribution is -2.23. The maximum absolute atomic E-state index is 13.7. The first-order valence-corrected chi connectivity index (χ1v) is 6.96. The Kier molecular flexibility index (Phi) is 7.54. The average Bonchev–Trinajstić information content (AvgIpc) is 2.25. The first-order chi connectivity index (χ1) is 7.87. The second-order valence-corrected chi connectivity index (χ2v) is 5.42. The molecule has 1 unspecified atom stereocenters. The minimum atomic E-state index is -3.82. The summed E-state index contributed by atoms with van der Waals surface area (Å²) in [6.07, 6.45) is -0.584. The van der Waals surface area contributed by atoms with E-state index in [2.05, 4.69) is 0 Å². The van der Waals surface area contributed by atoms with E-state index in [1.165, 1.54) is 0 Å². The highest BCUT2D eigenvalue weighted by Crippen LogP contribution is 2.55. The lowest BCUT2D eigenvalue weighted by Gasteiger charge is -2.20. The second-order valence-electron chi connectivity index (χ2n) is 3.27. The summed E-state index contributed by atoms with van der Waals surface area (Å²) in [6.45, 7) is 3.27. The Hall–Kier alpha value is -0.490. The van der Waals surface area contributed by atoms with Crippen LogP contribution in [0.2, 0.25) is 0 Å². The zero-order valence-corrected chi connectivity index (χ0v) is 11.2. The van der Waals surface area contributed by atoms with E-state index >= 15 is 0 Å². The molecule has 0 heterocycles. The number of nitrogens with zero attached hydrogens (tertiary/aromatic N) is 1. The highest BCUT2D eigenvalue weighted by molar-refractivity contribution is 7.54. The van der Waals surface area contributed by atoms with Gasteiger partial charge in [0.2, 0.25) is 11.8 Å². The summed E-state index contributed by atoms with van der Waals surface area (Å²) in [4.78, 5) is 11.0. The number of hydrogen-bond donors (Lipinski definition) is 1. The molecule has 0 saturated heterocycles. The maximum atomic E-state index is 13.7. The Morgan fingerprint density at radius 3 is 2.24 bits per heavy atom. The molecule has 0 aliphatic heterocycles. The minimum absolute atomic E-state index is 0.0611. The van der Waals surface area contributed by atoms with Crippen molar-refractivity contribution in [2.24, 2.45) is 0 Å². The monoisotopic (exact) mass is 271 g/mol. The predicted octanol–water partition coefficient (Wildman–Crippen LogP) is 2.18. The molecule has 0 rings (SSSR count). The van der Waals surface area contributed by atoms with E-state index in [9.17, 15) is 13.8 Å². The van der Waals surface area contributed by atoms with Gasteiger partial charge in [0.1, 0.15) is 0 Å². The summed E-state index contributed by atoms with van der Waals surface area (Å²) in [5.41, 5.74) is 0. The number of amides is 1. The quantitative estimate of drug-likeness (QED) is 0.416. The number of rotatable bonds is 8. The van der Waals surface area contributed by atoms with Gasteiger partial charge in [0, 0.05) is 13.5 Å². The van der Waals surface area contributed by atoms with Crippen molar-refractivity contribution >= 4 is 13.5 Å². The van der Waals surface area contributed by atoms with Gasteiger partial charge in [-0.3, -0.25) is 14.6 Å². The lowest BCUT2D eigenvalue weighted by molar-refractivity contribution is -0.159. The van der Waals surface area contributed by atoms with E-state index in [1.54, 1.807) is 13.8 Å². The van der Waals surface area contributed by atoms with Gasteiger partial charge < -0.3 is 9.05 Å². The standard InChI is InChI=1S/C9H19FNO5P/c1-4-15-17(14,16-5-2)8(10)6-7-9(12)11(3)13/h8,13H,4-7H2,1-3H3. The highest BCUT2D eigenvalue weighted by Gasteiger charge is 2.36. The molecule has 0 spiro atoms. The third-order valence-corrected chi connectivity index (χ3v) is 4.10. The molecular formula is C9H19FNO5P. The van der Waals surface area contributed by atoms with Crippen LogP contribution in [0.25, 0.3) is 0 Å². The molecule has 0 aromatic carbocycles. The van der Waals surface area contributed by atoms with E-state index in [0.717, 1.165) is 7.05 Å². The third kappa shape index (κ3) is 5.59. The van der Waals surface area contributed by atoms with Crippen molar-refractivity contribution in [1.82, 2.24) is 5.06 Å². The van der Waals surface area contributed by atoms with Crippen molar-refractivity contribution in [3.05, 3.63) is 0 Å². The van der Waals surface area contributed by atoms with Crippen LogP contribution in [0, 0.1) is 0 Å². The normalized spacial score (nSPS) is 13.5. The number of carbonyl (C=O) groups is 1. The van der Waals surface area contributed by atoms with Crippen LogP contribution in [0.15, 0.2) is 0 Å². The van der Waals surface area contributed by atoms with Crippen LogP contribution < -0.4 is 0 Å². The molecule has 1 atom stereocenters. The zero-order chi connectivity index (χ0) is 13.5. The largest absolute Gasteiger partial charge is 0.364 e. The SMILES string of the molecule is CCOP(=O)(OCC)C(F)CCC(=O)N(C)O. The van der Waals surface area contributed by atoms with Gasteiger partial charge in [-0.25, -0.2) is 9.45 Å². The van der Waals surface area contributed by atoms with Crippen LogP contribution in [0.5, 0.6) is 0 Å². The van der Waals surface area contributed by atoms with E-state index in [4.69, 9.17) is 14.3 Å². The highest BCUT2D eigenvalue weighted by atomic mass is 31.2. The van der Waals surface area contributed by atoms with Gasteiger partial charge >= 0.3 is 7.60 Å². The van der Waals surface area contributed by atoms with E-state index in [-0.39, 0.29) is 26.1 Å². The Morgan fingerprint density at radius 2 is 1.88 bits per heavy atom. The van der Waals surface area contributed by atoms with Crippen molar-refractivity contribution in [2.75, 3.05) is 20.3 Å². The van der Waals surface area contributed by atoms with Crippen LogP contribution >= 0.6 is 7.60 Å². The zero-order valence-electron chi connectivity index (χ0n) is 10.3. The molecule has 0 bridgehead atoms. The van der Waals surface area contributed by atoms with Crippen molar-refractivity contribution in [3.63, 3.8) is 0 Å². The molecule has 0 radical (unpaired) electrons. The number of carbonyl (C=O) groups excluding carboxylic acids is 1. The van der Waals surface area contributed by atoms with Crippen molar-refractivity contribution in [3.8, 4) is 0 Å². The van der Waals surface area contributed by atoms with Crippen LogP contribution in [0.1, 0.15) is 26.7 Å². The topological polar surface area (TPSA) is 76.1 Å². The second kappa shape index (κ2) is 7.76. The number of hydrogen-bond acceptors (Lipinski definition) is 5. The van der Waals surface area contributed by atoms with Gasteiger partial charge in [-0.05, 0) is 20.3 Å². The molecule has 1 amide bonds. The first-order valence-electron chi connectivity index (χ1n) is 5.35. The Balaban J connectivity index is 4.38. The summed E-state index contributed by atoms with van der Waals surface area (Å²) in [5, 5.41) is 9.13. The van der Waals surface area contributed by atoms with Gasteiger partial charge in [0.25, 0.3) is 0 Å². The molecule has 1 N–H and O–H groups in total. The van der Waals surface area contributed by atoms with Crippen molar-refractivity contribution in [1.29, 1.82) is 0 Å². The molecule has 0 aliphatic carbocycles. The summed E-state index contributed by atoms with van der Waals surface area (Å²) in [6, 6.07) is 0. The van der Waals surface area contributed by atoms with Gasteiger partial charge in [-0.15, -0.1) is 0 Å². The minimum Gasteiger partial charge on any atom is -0.307 e. The van der Waals surface area contributed by atoms with Gasteiger partial charge in [-0.2, -0.15) is 0 Å². The van der Waals surface area contributed by atoms with Crippen molar-refractivity contribution in [2.45, 2.75) is 32.6 Å². The van der Waals surface area contributed by atoms with Crippen LogP contribution in [-0.2, 0) is 18.4 Å². The average molecular weight is 271 g/mol. The Bertz CT molecular complexity index is 277.